The number of para-hydroxylation sites is 1. The minimum absolute atomic E-state index is 0.180. The van der Waals surface area contributed by atoms with E-state index in [0.717, 1.165) is 37.9 Å². The Morgan fingerprint density at radius 1 is 1.12 bits per heavy atom. The molecule has 34 heavy (non-hydrogen) atoms. The van der Waals surface area contributed by atoms with Crippen LogP contribution in [0.3, 0.4) is 0 Å². The first-order valence-corrected chi connectivity index (χ1v) is 12.4. The third-order valence-corrected chi connectivity index (χ3v) is 6.63. The molecule has 4 rings (SSSR count). The monoisotopic (exact) mass is 482 g/mol. The molecular formula is C24H30N6O3S. The van der Waals surface area contributed by atoms with Crippen molar-refractivity contribution in [2.24, 2.45) is 0 Å². The molecule has 9 nitrogen and oxygen atoms in total. The molecule has 10 heteroatoms. The van der Waals surface area contributed by atoms with Crippen molar-refractivity contribution in [3.8, 4) is 17.1 Å². The minimum atomic E-state index is -0.571. The number of imide groups is 1. The first-order chi connectivity index (χ1) is 16.1. The predicted octanol–water partition coefficient (Wildman–Crippen LogP) is 3.37. The van der Waals surface area contributed by atoms with Gasteiger partial charge in [0, 0.05) is 17.8 Å². The second-order valence-electron chi connectivity index (χ2n) is 9.51. The van der Waals surface area contributed by atoms with E-state index < -0.39 is 22.7 Å². The number of aromatic nitrogens is 4. The van der Waals surface area contributed by atoms with E-state index in [9.17, 15) is 14.4 Å². The van der Waals surface area contributed by atoms with Gasteiger partial charge in [0.05, 0.1) is 10.9 Å². The highest BCUT2D eigenvalue weighted by molar-refractivity contribution is 8.00. The number of rotatable bonds is 4. The van der Waals surface area contributed by atoms with Gasteiger partial charge in [0.2, 0.25) is 5.91 Å². The first-order valence-electron chi connectivity index (χ1n) is 11.5. The molecule has 0 bridgehead atoms. The van der Waals surface area contributed by atoms with Crippen LogP contribution in [0.4, 0.5) is 4.79 Å². The summed E-state index contributed by atoms with van der Waals surface area (Å²) in [5, 5.41) is 9.71. The molecule has 2 N–H and O–H groups in total. The van der Waals surface area contributed by atoms with E-state index >= 15 is 0 Å². The van der Waals surface area contributed by atoms with Crippen LogP contribution < -0.4 is 16.2 Å². The highest BCUT2D eigenvalue weighted by Crippen LogP contribution is 2.32. The van der Waals surface area contributed by atoms with Crippen molar-refractivity contribution in [1.29, 1.82) is 0 Å². The molecule has 1 aromatic carbocycles. The molecule has 0 aliphatic carbocycles. The summed E-state index contributed by atoms with van der Waals surface area (Å²) in [6.45, 7) is 7.99. The summed E-state index contributed by atoms with van der Waals surface area (Å²) >= 11 is 1.27. The molecule has 1 atom stereocenters. The number of hydrogen-bond acceptors (Lipinski definition) is 6. The predicted molar refractivity (Wildman–Crippen MR) is 132 cm³/mol. The average Bonchev–Trinajstić information content (AvgIpc) is 2.94. The first kappa shape index (κ1) is 24.0. The fourth-order valence-electron chi connectivity index (χ4n) is 3.98. The van der Waals surface area contributed by atoms with Crippen LogP contribution in [0.1, 0.15) is 52.7 Å². The Labute approximate surface area is 202 Å². The van der Waals surface area contributed by atoms with Crippen LogP contribution in [0.5, 0.6) is 0 Å². The highest BCUT2D eigenvalue weighted by atomic mass is 32.2. The van der Waals surface area contributed by atoms with Crippen molar-refractivity contribution < 1.29 is 9.59 Å². The Hall–Kier alpha value is -3.14. The Morgan fingerprint density at radius 3 is 2.56 bits per heavy atom. The summed E-state index contributed by atoms with van der Waals surface area (Å²) in [5.74, 6) is -0.0291. The van der Waals surface area contributed by atoms with E-state index in [-0.39, 0.29) is 5.56 Å². The molecule has 3 heterocycles. The van der Waals surface area contributed by atoms with Crippen molar-refractivity contribution in [1.82, 2.24) is 30.0 Å². The van der Waals surface area contributed by atoms with Crippen molar-refractivity contribution in [2.75, 3.05) is 0 Å². The average molecular weight is 483 g/mol. The molecular weight excluding hydrogens is 452 g/mol. The van der Waals surface area contributed by atoms with Gasteiger partial charge in [-0.15, -0.1) is 5.10 Å². The number of fused-ring (bicyclic) bond motifs is 3. The molecule has 3 aliphatic heterocycles. The number of carbonyl (C=O) groups is 2. The van der Waals surface area contributed by atoms with Crippen LogP contribution in [0.2, 0.25) is 0 Å². The van der Waals surface area contributed by atoms with Crippen LogP contribution >= 0.6 is 11.8 Å². The number of nitrogens with zero attached hydrogens (tertiary/aromatic N) is 4. The lowest BCUT2D eigenvalue weighted by Gasteiger charge is -2.22. The Bertz CT molecular complexity index is 1230. The van der Waals surface area contributed by atoms with E-state index in [2.05, 4.69) is 20.3 Å². The van der Waals surface area contributed by atoms with E-state index in [1.807, 2.05) is 51.1 Å². The normalized spacial score (nSPS) is 14.8. The zero-order valence-electron chi connectivity index (χ0n) is 19.9. The third-order valence-electron chi connectivity index (χ3n) is 5.54. The van der Waals surface area contributed by atoms with Gasteiger partial charge < -0.3 is 9.88 Å². The summed E-state index contributed by atoms with van der Waals surface area (Å²) < 4.78 is 3.45. The molecule has 1 aromatic rings. The maximum Gasteiger partial charge on any atom is 0.321 e. The molecule has 0 saturated heterocycles. The lowest BCUT2D eigenvalue weighted by Crippen LogP contribution is -2.49. The number of urea groups is 1. The molecule has 3 amide bonds. The zero-order valence-corrected chi connectivity index (χ0v) is 20.7. The van der Waals surface area contributed by atoms with Crippen molar-refractivity contribution in [3.63, 3.8) is 0 Å². The topological polar surface area (TPSA) is 111 Å². The van der Waals surface area contributed by atoms with E-state index in [0.29, 0.717) is 22.2 Å². The van der Waals surface area contributed by atoms with E-state index in [4.69, 9.17) is 4.98 Å². The zero-order chi connectivity index (χ0) is 24.5. The fraction of sp³-hybridized carbons (Fsp3) is 0.458. The lowest BCUT2D eigenvalue weighted by atomic mass is 10.1. The number of carbonyl (C=O) groups excluding carboxylic acids is 2. The molecule has 0 radical (unpaired) electrons. The van der Waals surface area contributed by atoms with Gasteiger partial charge >= 0.3 is 6.03 Å². The van der Waals surface area contributed by atoms with Gasteiger partial charge in [0.15, 0.2) is 11.0 Å². The molecule has 0 aromatic heterocycles. The van der Waals surface area contributed by atoms with E-state index in [1.165, 1.54) is 16.4 Å². The second kappa shape index (κ2) is 9.61. The second-order valence-corrected chi connectivity index (χ2v) is 10.8. The van der Waals surface area contributed by atoms with Gasteiger partial charge in [0.25, 0.3) is 5.56 Å². The van der Waals surface area contributed by atoms with Gasteiger partial charge in [0.1, 0.15) is 5.56 Å². The molecule has 180 valence electrons. The molecule has 1 unspecified atom stereocenters. The summed E-state index contributed by atoms with van der Waals surface area (Å²) in [4.78, 5) is 42.9. The number of benzene rings is 1. The van der Waals surface area contributed by atoms with Gasteiger partial charge in [-0.25, -0.2) is 9.78 Å². The summed E-state index contributed by atoms with van der Waals surface area (Å²) in [6, 6.07) is 8.76. The molecule has 0 saturated carbocycles. The van der Waals surface area contributed by atoms with Gasteiger partial charge in [-0.3, -0.25) is 14.9 Å². The van der Waals surface area contributed by atoms with Crippen LogP contribution in [0.25, 0.3) is 17.1 Å². The molecule has 0 spiro atoms. The van der Waals surface area contributed by atoms with Crippen molar-refractivity contribution in [3.05, 3.63) is 46.4 Å². The molecule has 3 aliphatic rings. The number of hydrogen-bond donors (Lipinski definition) is 2. The quantitative estimate of drug-likeness (QED) is 0.436. The minimum Gasteiger partial charge on any atom is -0.333 e. The third kappa shape index (κ3) is 5.16. The molecule has 0 fully saturated rings. The Balaban J connectivity index is 1.68. The SMILES string of the molecule is CC(Sc1nc2nn(-c3ccccc3)c(=O)c-2c2n1CCCCC2)C(=O)NC(=O)NC(C)(C)C. The van der Waals surface area contributed by atoms with Crippen LogP contribution in [0, 0.1) is 0 Å². The van der Waals surface area contributed by atoms with Crippen LogP contribution in [-0.2, 0) is 17.8 Å². The van der Waals surface area contributed by atoms with Gasteiger partial charge in [-0.1, -0.05) is 36.4 Å². The van der Waals surface area contributed by atoms with Crippen molar-refractivity contribution >= 4 is 23.7 Å². The maximum absolute atomic E-state index is 13.3. The number of amides is 3. The largest absolute Gasteiger partial charge is 0.333 e. The number of nitrogens with one attached hydrogen (secondary N) is 2. The Morgan fingerprint density at radius 2 is 1.85 bits per heavy atom. The standard InChI is InChI=1S/C24H30N6O3S/c1-15(20(31)26-22(33)27-24(2,3)4)34-23-25-19-18(17-13-9-6-10-14-29(17)23)21(32)30(28-19)16-11-7-5-8-12-16/h5,7-8,11-12,15H,6,9-10,13-14H2,1-4H3,(H2,26,27,31,33). The van der Waals surface area contributed by atoms with Crippen molar-refractivity contribution in [2.45, 2.75) is 75.9 Å². The summed E-state index contributed by atoms with van der Waals surface area (Å²) in [7, 11) is 0. The van der Waals surface area contributed by atoms with Gasteiger partial charge in [-0.05, 0) is 59.1 Å². The summed E-state index contributed by atoms with van der Waals surface area (Å²) in [5.41, 5.74) is 1.51. The van der Waals surface area contributed by atoms with Crippen LogP contribution in [-0.4, -0.2) is 42.1 Å². The maximum atomic E-state index is 13.3. The van der Waals surface area contributed by atoms with Gasteiger partial charge in [-0.2, -0.15) is 4.68 Å². The highest BCUT2D eigenvalue weighted by Gasteiger charge is 2.29. The van der Waals surface area contributed by atoms with E-state index in [1.54, 1.807) is 6.92 Å². The lowest BCUT2D eigenvalue weighted by molar-refractivity contribution is -0.119. The van der Waals surface area contributed by atoms with Crippen LogP contribution in [0.15, 0.2) is 40.3 Å². The number of thioether (sulfide) groups is 1. The fourth-order valence-corrected chi connectivity index (χ4v) is 4.93. The smallest absolute Gasteiger partial charge is 0.321 e. The Kier molecular flexibility index (Phi) is 6.79. The summed E-state index contributed by atoms with van der Waals surface area (Å²) in [6.07, 6.45) is 3.74.